The second-order valence-electron chi connectivity index (χ2n) is 3.56. The van der Waals surface area contributed by atoms with Gasteiger partial charge in [0.1, 0.15) is 9.40 Å². The fourth-order valence-electron chi connectivity index (χ4n) is 1.13. The third kappa shape index (κ3) is 4.62. The first-order chi connectivity index (χ1) is 8.02. The quantitative estimate of drug-likeness (QED) is 0.789. The normalized spacial score (nSPS) is 9.88. The molecule has 2 nitrogen and oxygen atoms in total. The highest BCUT2D eigenvalue weighted by molar-refractivity contribution is 8.03. The van der Waals surface area contributed by atoms with Crippen molar-refractivity contribution in [2.45, 2.75) is 5.75 Å². The lowest BCUT2D eigenvalue weighted by molar-refractivity contribution is -0.123. The Morgan fingerprint density at radius 3 is 2.29 bits per heavy atom. The standard InChI is InChI=1S/C12H13Cl2NOS/c1-15(2)12(16)10(11(13)14)17-8-9-6-4-3-5-7-9/h3-7H,8H2,1-2H3. The molecule has 0 radical (unpaired) electrons. The Bertz CT molecular complexity index is 414. The summed E-state index contributed by atoms with van der Waals surface area (Å²) in [6.07, 6.45) is 0. The lowest BCUT2D eigenvalue weighted by Crippen LogP contribution is -2.22. The summed E-state index contributed by atoms with van der Waals surface area (Å²) in [6, 6.07) is 9.84. The van der Waals surface area contributed by atoms with Crippen molar-refractivity contribution in [2.75, 3.05) is 14.1 Å². The molecule has 1 aromatic carbocycles. The van der Waals surface area contributed by atoms with Crippen molar-refractivity contribution in [3.05, 3.63) is 45.3 Å². The van der Waals surface area contributed by atoms with Gasteiger partial charge in [-0.05, 0) is 5.56 Å². The van der Waals surface area contributed by atoms with E-state index >= 15 is 0 Å². The summed E-state index contributed by atoms with van der Waals surface area (Å²) in [5.41, 5.74) is 1.12. The molecular formula is C12H13Cl2NOS. The van der Waals surface area contributed by atoms with Gasteiger partial charge >= 0.3 is 0 Å². The van der Waals surface area contributed by atoms with Gasteiger partial charge in [-0.2, -0.15) is 0 Å². The van der Waals surface area contributed by atoms with Crippen LogP contribution in [0.15, 0.2) is 39.7 Å². The minimum atomic E-state index is -0.175. The number of hydrogen-bond donors (Lipinski definition) is 0. The van der Waals surface area contributed by atoms with Crippen LogP contribution in [0.2, 0.25) is 0 Å². The maximum atomic E-state index is 11.8. The molecule has 0 N–H and O–H groups in total. The highest BCUT2D eigenvalue weighted by Gasteiger charge is 2.16. The van der Waals surface area contributed by atoms with Crippen molar-refractivity contribution in [3.63, 3.8) is 0 Å². The average molecular weight is 290 g/mol. The van der Waals surface area contributed by atoms with Crippen molar-refractivity contribution in [1.82, 2.24) is 4.90 Å². The predicted octanol–water partition coefficient (Wildman–Crippen LogP) is 3.65. The molecule has 0 aliphatic carbocycles. The SMILES string of the molecule is CN(C)C(=O)C(SCc1ccccc1)=C(Cl)Cl. The van der Waals surface area contributed by atoms with Crippen molar-refractivity contribution in [1.29, 1.82) is 0 Å². The third-order valence-corrected chi connectivity index (χ3v) is 3.75. The van der Waals surface area contributed by atoms with Crippen molar-refractivity contribution in [3.8, 4) is 0 Å². The third-order valence-electron chi connectivity index (χ3n) is 2.00. The number of rotatable bonds is 4. The lowest BCUT2D eigenvalue weighted by Gasteiger charge is -2.13. The lowest BCUT2D eigenvalue weighted by atomic mass is 10.2. The molecule has 0 saturated carbocycles. The Kier molecular flexibility index (Phi) is 5.89. The summed E-state index contributed by atoms with van der Waals surface area (Å²) >= 11 is 12.8. The number of hydrogen-bond acceptors (Lipinski definition) is 2. The maximum Gasteiger partial charge on any atom is 0.262 e. The van der Waals surface area contributed by atoms with Gasteiger partial charge in [-0.3, -0.25) is 4.79 Å². The largest absolute Gasteiger partial charge is 0.344 e. The summed E-state index contributed by atoms with van der Waals surface area (Å²) in [4.78, 5) is 13.6. The first-order valence-electron chi connectivity index (χ1n) is 4.96. The zero-order valence-corrected chi connectivity index (χ0v) is 11.9. The zero-order valence-electron chi connectivity index (χ0n) is 9.61. The molecule has 0 bridgehead atoms. The Morgan fingerprint density at radius 2 is 1.82 bits per heavy atom. The molecule has 5 heteroatoms. The van der Waals surface area contributed by atoms with E-state index in [1.807, 2.05) is 30.3 Å². The number of benzene rings is 1. The Morgan fingerprint density at radius 1 is 1.24 bits per heavy atom. The van der Waals surface area contributed by atoms with Gasteiger partial charge < -0.3 is 4.90 Å². The first kappa shape index (κ1) is 14.4. The van der Waals surface area contributed by atoms with Gasteiger partial charge in [-0.1, -0.05) is 53.5 Å². The molecule has 0 aliphatic heterocycles. The minimum absolute atomic E-state index is 0.0182. The second-order valence-corrected chi connectivity index (χ2v) is 5.50. The van der Waals surface area contributed by atoms with Crippen LogP contribution in [0.5, 0.6) is 0 Å². The molecule has 17 heavy (non-hydrogen) atoms. The maximum absolute atomic E-state index is 11.8. The average Bonchev–Trinajstić information content (AvgIpc) is 2.29. The molecule has 0 unspecified atom stereocenters. The number of amides is 1. The van der Waals surface area contributed by atoms with Crippen molar-refractivity contribution in [2.24, 2.45) is 0 Å². The van der Waals surface area contributed by atoms with Gasteiger partial charge in [0.2, 0.25) is 0 Å². The fourth-order valence-corrected chi connectivity index (χ4v) is 2.54. The molecule has 0 atom stereocenters. The first-order valence-corrected chi connectivity index (χ1v) is 6.70. The van der Waals surface area contributed by atoms with E-state index in [4.69, 9.17) is 23.2 Å². The van der Waals surface area contributed by atoms with Gasteiger partial charge in [0.15, 0.2) is 0 Å². The van der Waals surface area contributed by atoms with Crippen LogP contribution in [-0.2, 0) is 10.5 Å². The molecule has 0 spiro atoms. The van der Waals surface area contributed by atoms with Gasteiger partial charge in [0.25, 0.3) is 5.91 Å². The highest BCUT2D eigenvalue weighted by atomic mass is 35.5. The molecule has 0 saturated heterocycles. The van der Waals surface area contributed by atoms with E-state index < -0.39 is 0 Å². The zero-order chi connectivity index (χ0) is 12.8. The van der Waals surface area contributed by atoms with Gasteiger partial charge in [0, 0.05) is 19.8 Å². The number of carbonyl (C=O) groups excluding carboxylic acids is 1. The summed E-state index contributed by atoms with van der Waals surface area (Å²) in [6.45, 7) is 0. The van der Waals surface area contributed by atoms with Gasteiger partial charge in [-0.25, -0.2) is 0 Å². The predicted molar refractivity (Wildman–Crippen MR) is 75.2 cm³/mol. The summed E-state index contributed by atoms with van der Waals surface area (Å²) < 4.78 is 0.0182. The van der Waals surface area contributed by atoms with Crippen LogP contribution in [0, 0.1) is 0 Å². The summed E-state index contributed by atoms with van der Waals surface area (Å²) in [5.74, 6) is 0.490. The number of thioether (sulfide) groups is 1. The second kappa shape index (κ2) is 6.94. The van der Waals surface area contributed by atoms with Crippen LogP contribution >= 0.6 is 35.0 Å². The minimum Gasteiger partial charge on any atom is -0.344 e. The Hall–Kier alpha value is -0.640. The van der Waals surface area contributed by atoms with Crippen molar-refractivity contribution >= 4 is 40.9 Å². The van der Waals surface area contributed by atoms with Crippen LogP contribution in [0.1, 0.15) is 5.56 Å². The number of carbonyl (C=O) groups is 1. The smallest absolute Gasteiger partial charge is 0.262 e. The van der Waals surface area contributed by atoms with Crippen LogP contribution in [0.3, 0.4) is 0 Å². The summed E-state index contributed by atoms with van der Waals surface area (Å²) in [5, 5.41) is 0. The molecule has 0 aliphatic rings. The molecule has 0 heterocycles. The molecule has 1 amide bonds. The molecule has 1 rings (SSSR count). The Balaban J connectivity index is 2.71. The number of nitrogens with zero attached hydrogens (tertiary/aromatic N) is 1. The van der Waals surface area contributed by atoms with E-state index in [1.165, 1.54) is 16.7 Å². The molecule has 0 fully saturated rings. The Labute approximate surface area is 116 Å². The monoisotopic (exact) mass is 289 g/mol. The van der Waals surface area contributed by atoms with Crippen LogP contribution < -0.4 is 0 Å². The van der Waals surface area contributed by atoms with E-state index in [9.17, 15) is 4.79 Å². The van der Waals surface area contributed by atoms with Gasteiger partial charge in [-0.15, -0.1) is 11.8 Å². The highest BCUT2D eigenvalue weighted by Crippen LogP contribution is 2.29. The number of likely N-dealkylation sites (N-methyl/N-ethyl adjacent to an activating group) is 1. The van der Waals surface area contributed by atoms with E-state index in [2.05, 4.69) is 0 Å². The van der Waals surface area contributed by atoms with Crippen LogP contribution in [-0.4, -0.2) is 24.9 Å². The van der Waals surface area contributed by atoms with Crippen molar-refractivity contribution < 1.29 is 4.79 Å². The topological polar surface area (TPSA) is 20.3 Å². The summed E-state index contributed by atoms with van der Waals surface area (Å²) in [7, 11) is 3.34. The molecular weight excluding hydrogens is 277 g/mol. The van der Waals surface area contributed by atoms with E-state index in [0.29, 0.717) is 10.7 Å². The van der Waals surface area contributed by atoms with Crippen LogP contribution in [0.25, 0.3) is 0 Å². The number of halogens is 2. The molecule has 0 aromatic heterocycles. The molecule has 1 aromatic rings. The van der Waals surface area contributed by atoms with E-state index in [1.54, 1.807) is 14.1 Å². The van der Waals surface area contributed by atoms with E-state index in [0.717, 1.165) is 5.56 Å². The fraction of sp³-hybridized carbons (Fsp3) is 0.250. The van der Waals surface area contributed by atoms with E-state index in [-0.39, 0.29) is 10.4 Å². The van der Waals surface area contributed by atoms with Gasteiger partial charge in [0.05, 0.1) is 0 Å². The molecule has 92 valence electrons. The van der Waals surface area contributed by atoms with Crippen LogP contribution in [0.4, 0.5) is 0 Å².